The number of ether oxygens (including phenoxy) is 1. The Bertz CT molecular complexity index is 179. The van der Waals surface area contributed by atoms with Crippen LogP contribution in [0.15, 0.2) is 0 Å². The largest absolute Gasteiger partial charge is 0.459 e. The summed E-state index contributed by atoms with van der Waals surface area (Å²) in [6, 6.07) is 0. The van der Waals surface area contributed by atoms with Gasteiger partial charge < -0.3 is 9.84 Å². The van der Waals surface area contributed by atoms with Gasteiger partial charge in [0.2, 0.25) is 0 Å². The third-order valence-electron chi connectivity index (χ3n) is 1.13. The molecule has 1 N–H and O–H groups in total. The summed E-state index contributed by atoms with van der Waals surface area (Å²) in [6.45, 7) is 5.47. The molecule has 0 spiro atoms. The highest BCUT2D eigenvalue weighted by Crippen LogP contribution is 2.10. The Hall–Kier alpha value is 0.0700. The van der Waals surface area contributed by atoms with E-state index in [0.29, 0.717) is 5.75 Å². The summed E-state index contributed by atoms with van der Waals surface area (Å²) in [7, 11) is 0. The van der Waals surface area contributed by atoms with Crippen LogP contribution in [0.5, 0.6) is 0 Å². The second kappa shape index (κ2) is 6.53. The normalized spacial score (nSPS) is 13.8. The van der Waals surface area contributed by atoms with Crippen molar-refractivity contribution < 1.29 is 14.6 Å². The summed E-state index contributed by atoms with van der Waals surface area (Å²) in [5, 5.41) is 9.10. The highest BCUT2D eigenvalue weighted by molar-refractivity contribution is 7.99. The number of alkyl halides is 1. The second-order valence-electron chi connectivity index (χ2n) is 3.91. The van der Waals surface area contributed by atoms with Gasteiger partial charge in [-0.05, 0) is 20.8 Å². The number of rotatable bonds is 5. The average Bonchev–Trinajstić information content (AvgIpc) is 2.00. The quantitative estimate of drug-likeness (QED) is 0.587. The van der Waals surface area contributed by atoms with Gasteiger partial charge in [-0.25, -0.2) is 0 Å². The number of esters is 1. The molecule has 0 aromatic rings. The highest BCUT2D eigenvalue weighted by atomic mass is 35.5. The van der Waals surface area contributed by atoms with Crippen LogP contribution < -0.4 is 0 Å². The van der Waals surface area contributed by atoms with E-state index < -0.39 is 11.7 Å². The third-order valence-corrected chi connectivity index (χ3v) is 2.54. The van der Waals surface area contributed by atoms with Gasteiger partial charge in [0.05, 0.1) is 11.9 Å². The molecule has 14 heavy (non-hydrogen) atoms. The number of aliphatic hydroxyl groups excluding tert-OH is 1. The lowest BCUT2D eigenvalue weighted by atomic mass is 10.2. The van der Waals surface area contributed by atoms with E-state index in [9.17, 15) is 4.79 Å². The smallest absolute Gasteiger partial charge is 0.316 e. The SMILES string of the molecule is CC(C)(C)OC(=O)CSC[C@H](O)CCl. The van der Waals surface area contributed by atoms with Crippen molar-refractivity contribution in [3.8, 4) is 0 Å². The fraction of sp³-hybridized carbons (Fsp3) is 0.889. The molecule has 0 bridgehead atoms. The molecule has 0 heterocycles. The van der Waals surface area contributed by atoms with Crippen LogP contribution in [0.2, 0.25) is 0 Å². The molecular formula is C9H17ClO3S. The molecule has 1 atom stereocenters. The van der Waals surface area contributed by atoms with Gasteiger partial charge in [-0.3, -0.25) is 4.79 Å². The predicted octanol–water partition coefficient (Wildman–Crippen LogP) is 1.66. The third kappa shape index (κ3) is 8.66. The number of aliphatic hydroxyl groups is 1. The van der Waals surface area contributed by atoms with Gasteiger partial charge in [0.1, 0.15) is 5.60 Å². The van der Waals surface area contributed by atoms with E-state index in [1.54, 1.807) is 0 Å². The number of thioether (sulfide) groups is 1. The summed E-state index contributed by atoms with van der Waals surface area (Å²) in [5.74, 6) is 0.652. The molecule has 0 aromatic carbocycles. The Kier molecular flexibility index (Phi) is 6.57. The van der Waals surface area contributed by atoms with Crippen molar-refractivity contribution in [1.29, 1.82) is 0 Å². The van der Waals surface area contributed by atoms with E-state index in [4.69, 9.17) is 21.4 Å². The Morgan fingerprint density at radius 1 is 1.57 bits per heavy atom. The van der Waals surface area contributed by atoms with Gasteiger partial charge in [-0.15, -0.1) is 23.4 Å². The van der Waals surface area contributed by atoms with Crippen molar-refractivity contribution in [3.05, 3.63) is 0 Å². The number of carbonyl (C=O) groups excluding carboxylic acids is 1. The fourth-order valence-corrected chi connectivity index (χ4v) is 1.67. The molecule has 0 aromatic heterocycles. The molecule has 0 aliphatic heterocycles. The van der Waals surface area contributed by atoms with Crippen LogP contribution in [0, 0.1) is 0 Å². The van der Waals surface area contributed by atoms with Crippen LogP contribution in [0.25, 0.3) is 0 Å². The number of halogens is 1. The Morgan fingerprint density at radius 3 is 2.57 bits per heavy atom. The highest BCUT2D eigenvalue weighted by Gasteiger charge is 2.16. The maximum Gasteiger partial charge on any atom is 0.316 e. The number of carbonyl (C=O) groups is 1. The maximum atomic E-state index is 11.2. The molecule has 0 saturated carbocycles. The van der Waals surface area contributed by atoms with Crippen molar-refractivity contribution in [3.63, 3.8) is 0 Å². The zero-order valence-corrected chi connectivity index (χ0v) is 10.3. The van der Waals surface area contributed by atoms with Crippen molar-refractivity contribution in [1.82, 2.24) is 0 Å². The van der Waals surface area contributed by atoms with Gasteiger partial charge in [0.15, 0.2) is 0 Å². The van der Waals surface area contributed by atoms with E-state index in [2.05, 4.69) is 0 Å². The molecule has 5 heteroatoms. The van der Waals surface area contributed by atoms with E-state index in [1.165, 1.54) is 11.8 Å². The average molecular weight is 241 g/mol. The lowest BCUT2D eigenvalue weighted by Crippen LogP contribution is -2.25. The first-order chi connectivity index (χ1) is 6.35. The molecule has 0 radical (unpaired) electrons. The molecule has 0 unspecified atom stereocenters. The molecule has 0 fully saturated rings. The van der Waals surface area contributed by atoms with Crippen molar-refractivity contribution in [2.45, 2.75) is 32.5 Å². The van der Waals surface area contributed by atoms with E-state index >= 15 is 0 Å². The molecule has 0 aliphatic carbocycles. The van der Waals surface area contributed by atoms with Crippen LogP contribution in [0.3, 0.4) is 0 Å². The first-order valence-electron chi connectivity index (χ1n) is 4.39. The van der Waals surface area contributed by atoms with Crippen molar-refractivity contribution in [2.75, 3.05) is 17.4 Å². The molecule has 0 saturated heterocycles. The van der Waals surface area contributed by atoms with Crippen LogP contribution in [-0.2, 0) is 9.53 Å². The minimum atomic E-state index is -0.552. The Labute approximate surface area is 94.2 Å². The molecular weight excluding hydrogens is 224 g/mol. The molecule has 0 aliphatic rings. The fourth-order valence-electron chi connectivity index (χ4n) is 0.694. The summed E-state index contributed by atoms with van der Waals surface area (Å²) < 4.78 is 5.08. The zero-order valence-electron chi connectivity index (χ0n) is 8.75. The van der Waals surface area contributed by atoms with Gasteiger partial charge in [0.25, 0.3) is 0 Å². The number of hydrogen-bond acceptors (Lipinski definition) is 4. The Morgan fingerprint density at radius 2 is 2.14 bits per heavy atom. The minimum absolute atomic E-state index is 0.196. The minimum Gasteiger partial charge on any atom is -0.459 e. The second-order valence-corrected chi connectivity index (χ2v) is 5.25. The lowest BCUT2D eigenvalue weighted by Gasteiger charge is -2.19. The summed E-state index contributed by atoms with van der Waals surface area (Å²) >= 11 is 6.72. The van der Waals surface area contributed by atoms with Crippen molar-refractivity contribution >= 4 is 29.3 Å². The van der Waals surface area contributed by atoms with Gasteiger partial charge in [-0.2, -0.15) is 0 Å². The Balaban J connectivity index is 3.55. The van der Waals surface area contributed by atoms with Gasteiger partial charge in [0, 0.05) is 11.6 Å². The van der Waals surface area contributed by atoms with Crippen LogP contribution >= 0.6 is 23.4 Å². The predicted molar refractivity (Wildman–Crippen MR) is 59.9 cm³/mol. The maximum absolute atomic E-state index is 11.2. The molecule has 84 valence electrons. The van der Waals surface area contributed by atoms with Crippen LogP contribution in [0.4, 0.5) is 0 Å². The van der Waals surface area contributed by atoms with E-state index in [-0.39, 0.29) is 17.6 Å². The molecule has 0 rings (SSSR count). The van der Waals surface area contributed by atoms with Crippen molar-refractivity contribution in [2.24, 2.45) is 0 Å². The van der Waals surface area contributed by atoms with Gasteiger partial charge >= 0.3 is 5.97 Å². The van der Waals surface area contributed by atoms with Gasteiger partial charge in [-0.1, -0.05) is 0 Å². The zero-order chi connectivity index (χ0) is 11.2. The molecule has 0 amide bonds. The first kappa shape index (κ1) is 14.1. The molecule has 3 nitrogen and oxygen atoms in total. The summed E-state index contributed by atoms with van der Waals surface area (Å²) in [4.78, 5) is 11.2. The lowest BCUT2D eigenvalue weighted by molar-refractivity contribution is -0.151. The van der Waals surface area contributed by atoms with Crippen LogP contribution in [0.1, 0.15) is 20.8 Å². The first-order valence-corrected chi connectivity index (χ1v) is 6.07. The van der Waals surface area contributed by atoms with Crippen LogP contribution in [-0.4, -0.2) is 40.2 Å². The summed E-state index contributed by atoms with van der Waals surface area (Å²) in [5.41, 5.74) is -0.442. The standard InChI is InChI=1S/C9H17ClO3S/c1-9(2,3)13-8(12)6-14-5-7(11)4-10/h7,11H,4-6H2,1-3H3/t7-/m1/s1. The summed E-state index contributed by atoms with van der Waals surface area (Å²) in [6.07, 6.45) is -0.552. The van der Waals surface area contributed by atoms with E-state index in [0.717, 1.165) is 0 Å². The number of hydrogen-bond donors (Lipinski definition) is 1. The topological polar surface area (TPSA) is 46.5 Å². The monoisotopic (exact) mass is 240 g/mol. The van der Waals surface area contributed by atoms with E-state index in [1.807, 2.05) is 20.8 Å².